The number of oxazole rings is 1. The van der Waals surface area contributed by atoms with Gasteiger partial charge < -0.3 is 20.0 Å². The molecule has 1 aromatic carbocycles. The molecular formula is C20H21FIN5OS. The monoisotopic (exact) mass is 525 g/mol. The number of rotatable bonds is 6. The summed E-state index contributed by atoms with van der Waals surface area (Å²) in [5, 5.41) is 9.39. The summed E-state index contributed by atoms with van der Waals surface area (Å²) in [6, 6.07) is 8.72. The molecule has 0 unspecified atom stereocenters. The lowest BCUT2D eigenvalue weighted by Gasteiger charge is -2.10. The van der Waals surface area contributed by atoms with Crippen molar-refractivity contribution in [3.8, 4) is 10.8 Å². The summed E-state index contributed by atoms with van der Waals surface area (Å²) in [5.74, 6) is 1.07. The van der Waals surface area contributed by atoms with Gasteiger partial charge in [-0.2, -0.15) is 0 Å². The number of hydrogen-bond donors (Lipinski definition) is 3. The Kier molecular flexibility index (Phi) is 7.26. The number of nitrogens with zero attached hydrogens (tertiary/aromatic N) is 2. The zero-order valence-corrected chi connectivity index (χ0v) is 18.9. The van der Waals surface area contributed by atoms with Gasteiger partial charge in [-0.25, -0.2) is 9.37 Å². The molecule has 3 heterocycles. The highest BCUT2D eigenvalue weighted by atomic mass is 127. The third-order valence-electron chi connectivity index (χ3n) is 4.36. The molecule has 0 spiro atoms. The molecule has 0 amide bonds. The van der Waals surface area contributed by atoms with Gasteiger partial charge in [0.2, 0.25) is 5.89 Å². The zero-order chi connectivity index (χ0) is 19.3. The number of halogens is 2. The van der Waals surface area contributed by atoms with Crippen molar-refractivity contribution in [3.05, 3.63) is 65.2 Å². The molecule has 0 atom stereocenters. The van der Waals surface area contributed by atoms with Crippen molar-refractivity contribution in [2.75, 3.05) is 13.6 Å². The van der Waals surface area contributed by atoms with Gasteiger partial charge in [-0.3, -0.25) is 4.99 Å². The van der Waals surface area contributed by atoms with E-state index in [1.165, 1.54) is 6.07 Å². The van der Waals surface area contributed by atoms with E-state index < -0.39 is 0 Å². The van der Waals surface area contributed by atoms with Gasteiger partial charge in [0.15, 0.2) is 5.96 Å². The molecule has 0 bridgehead atoms. The minimum absolute atomic E-state index is 0. The lowest BCUT2D eigenvalue weighted by Crippen LogP contribution is -2.37. The van der Waals surface area contributed by atoms with Crippen molar-refractivity contribution in [2.24, 2.45) is 4.99 Å². The minimum atomic E-state index is -0.228. The summed E-state index contributed by atoms with van der Waals surface area (Å²) >= 11 is 1.59. The molecule has 152 valence electrons. The maximum atomic E-state index is 13.5. The Balaban J connectivity index is 0.00000240. The molecule has 4 aromatic rings. The molecular weight excluding hydrogens is 504 g/mol. The largest absolute Gasteiger partial charge is 0.443 e. The Bertz CT molecular complexity index is 1090. The Morgan fingerprint density at radius 1 is 1.31 bits per heavy atom. The number of benzene rings is 1. The Labute approximate surface area is 188 Å². The van der Waals surface area contributed by atoms with Gasteiger partial charge in [-0.05, 0) is 41.6 Å². The van der Waals surface area contributed by atoms with Crippen LogP contribution in [0.3, 0.4) is 0 Å². The number of aromatic nitrogens is 2. The van der Waals surface area contributed by atoms with Crippen molar-refractivity contribution >= 4 is 52.2 Å². The number of guanidine groups is 1. The third kappa shape index (κ3) is 5.15. The summed E-state index contributed by atoms with van der Waals surface area (Å²) in [6.07, 6.45) is 4.32. The number of hydrogen-bond acceptors (Lipinski definition) is 4. The Hall–Kier alpha value is -2.40. The predicted octanol–water partition coefficient (Wildman–Crippen LogP) is 4.55. The van der Waals surface area contributed by atoms with E-state index >= 15 is 0 Å². The number of aromatic amines is 1. The number of thiophene rings is 1. The van der Waals surface area contributed by atoms with Crippen molar-refractivity contribution < 1.29 is 8.81 Å². The first-order valence-corrected chi connectivity index (χ1v) is 9.79. The Morgan fingerprint density at radius 3 is 3.00 bits per heavy atom. The van der Waals surface area contributed by atoms with Gasteiger partial charge in [-0.15, -0.1) is 35.3 Å². The third-order valence-corrected chi connectivity index (χ3v) is 5.22. The maximum absolute atomic E-state index is 13.5. The van der Waals surface area contributed by atoms with E-state index in [1.54, 1.807) is 36.8 Å². The Morgan fingerprint density at radius 2 is 2.21 bits per heavy atom. The van der Waals surface area contributed by atoms with Crippen LogP contribution in [0.1, 0.15) is 11.3 Å². The predicted molar refractivity (Wildman–Crippen MR) is 125 cm³/mol. The first kappa shape index (κ1) is 21.3. The molecule has 0 aliphatic rings. The van der Waals surface area contributed by atoms with Crippen LogP contribution in [0.5, 0.6) is 0 Å². The fourth-order valence-electron chi connectivity index (χ4n) is 2.97. The van der Waals surface area contributed by atoms with Crippen molar-refractivity contribution in [2.45, 2.75) is 13.0 Å². The fourth-order valence-corrected chi connectivity index (χ4v) is 3.62. The number of aliphatic imine (C=N–C) groups is 1. The van der Waals surface area contributed by atoms with E-state index in [9.17, 15) is 4.39 Å². The zero-order valence-electron chi connectivity index (χ0n) is 15.7. The molecule has 0 saturated carbocycles. The number of H-pyrrole nitrogens is 1. The van der Waals surface area contributed by atoms with Crippen LogP contribution in [-0.4, -0.2) is 29.5 Å². The van der Waals surface area contributed by atoms with Gasteiger partial charge in [-0.1, -0.05) is 6.07 Å². The van der Waals surface area contributed by atoms with E-state index in [0.717, 1.165) is 33.5 Å². The van der Waals surface area contributed by atoms with Gasteiger partial charge >= 0.3 is 0 Å². The van der Waals surface area contributed by atoms with Crippen LogP contribution in [0.4, 0.5) is 4.39 Å². The normalized spacial score (nSPS) is 11.4. The second-order valence-corrected chi connectivity index (χ2v) is 7.18. The van der Waals surface area contributed by atoms with Crippen molar-refractivity contribution in [3.63, 3.8) is 0 Å². The average molecular weight is 525 g/mol. The fraction of sp³-hybridized carbons (Fsp3) is 0.200. The molecule has 3 aromatic heterocycles. The highest BCUT2D eigenvalue weighted by Gasteiger charge is 2.09. The van der Waals surface area contributed by atoms with Crippen LogP contribution in [0.2, 0.25) is 0 Å². The van der Waals surface area contributed by atoms with Crippen LogP contribution >= 0.6 is 35.3 Å². The molecule has 0 aliphatic heterocycles. The lowest BCUT2D eigenvalue weighted by molar-refractivity contribution is 0.573. The molecule has 3 N–H and O–H groups in total. The van der Waals surface area contributed by atoms with E-state index in [4.69, 9.17) is 4.42 Å². The molecule has 0 radical (unpaired) electrons. The molecule has 29 heavy (non-hydrogen) atoms. The van der Waals surface area contributed by atoms with Crippen LogP contribution in [0, 0.1) is 5.82 Å². The van der Waals surface area contributed by atoms with Gasteiger partial charge in [0.25, 0.3) is 0 Å². The first-order valence-electron chi connectivity index (χ1n) is 8.91. The van der Waals surface area contributed by atoms with E-state index in [0.29, 0.717) is 24.9 Å². The van der Waals surface area contributed by atoms with Crippen molar-refractivity contribution in [1.82, 2.24) is 20.6 Å². The molecule has 9 heteroatoms. The molecule has 0 aliphatic carbocycles. The number of nitrogens with one attached hydrogen (secondary N) is 3. The second-order valence-electron chi connectivity index (χ2n) is 6.23. The van der Waals surface area contributed by atoms with Crippen LogP contribution in [0.15, 0.2) is 57.6 Å². The molecule has 0 fully saturated rings. The van der Waals surface area contributed by atoms with Gasteiger partial charge in [0.1, 0.15) is 12.1 Å². The number of fused-ring (bicyclic) bond motifs is 1. The highest BCUT2D eigenvalue weighted by molar-refractivity contribution is 14.0. The van der Waals surface area contributed by atoms with Crippen LogP contribution in [-0.2, 0) is 13.0 Å². The summed E-state index contributed by atoms with van der Waals surface area (Å²) in [7, 11) is 1.72. The maximum Gasteiger partial charge on any atom is 0.236 e. The topological polar surface area (TPSA) is 78.2 Å². The highest BCUT2D eigenvalue weighted by Crippen LogP contribution is 2.23. The van der Waals surface area contributed by atoms with E-state index in [2.05, 4.69) is 25.6 Å². The standard InChI is InChI=1S/C20H20FN5OS.HI/c1-22-20(25-11-15-12-27-19(26-15)18-3-2-8-28-18)23-7-6-13-10-24-17-5-4-14(21)9-16(13)17;/h2-5,8-10,12,24H,6-7,11H2,1H3,(H2,22,23,25);1H. The first-order chi connectivity index (χ1) is 13.7. The summed E-state index contributed by atoms with van der Waals surface area (Å²) in [4.78, 5) is 12.9. The SMILES string of the molecule is CN=C(NCCc1c[nH]c2ccc(F)cc12)NCc1coc(-c2cccs2)n1.I. The lowest BCUT2D eigenvalue weighted by atomic mass is 10.1. The molecule has 0 saturated heterocycles. The van der Waals surface area contributed by atoms with Crippen LogP contribution in [0.25, 0.3) is 21.7 Å². The second kappa shape index (κ2) is 9.88. The quantitative estimate of drug-likeness (QED) is 0.196. The van der Waals surface area contributed by atoms with Crippen LogP contribution < -0.4 is 10.6 Å². The smallest absolute Gasteiger partial charge is 0.236 e. The molecule has 4 rings (SSSR count). The van der Waals surface area contributed by atoms with E-state index in [-0.39, 0.29) is 29.8 Å². The van der Waals surface area contributed by atoms with E-state index in [1.807, 2.05) is 23.7 Å². The summed E-state index contributed by atoms with van der Waals surface area (Å²) in [5.41, 5.74) is 2.81. The van der Waals surface area contributed by atoms with Crippen molar-refractivity contribution in [1.29, 1.82) is 0 Å². The van der Waals surface area contributed by atoms with Gasteiger partial charge in [0.05, 0.1) is 17.1 Å². The molecule has 6 nitrogen and oxygen atoms in total. The summed E-state index contributed by atoms with van der Waals surface area (Å²) in [6.45, 7) is 1.18. The summed E-state index contributed by atoms with van der Waals surface area (Å²) < 4.78 is 19.0. The van der Waals surface area contributed by atoms with Gasteiger partial charge in [0, 0.05) is 30.7 Å². The average Bonchev–Trinajstić information content (AvgIpc) is 3.45. The minimum Gasteiger partial charge on any atom is -0.443 e.